The van der Waals surface area contributed by atoms with Crippen molar-refractivity contribution in [1.29, 1.82) is 0 Å². The Kier molecular flexibility index (Phi) is 8.55. The zero-order valence-corrected chi connectivity index (χ0v) is 34.8. The van der Waals surface area contributed by atoms with Crippen LogP contribution in [0.4, 0.5) is 11.4 Å². The number of fused-ring (bicyclic) bond motifs is 10. The molecule has 1 heterocycles. The van der Waals surface area contributed by atoms with Gasteiger partial charge in [-0.05, 0) is 74.8 Å². The molecule has 12 rings (SSSR count). The van der Waals surface area contributed by atoms with E-state index < -0.39 is 0 Å². The second-order valence-corrected chi connectivity index (χ2v) is 17.0. The number of nitrogens with zero attached hydrogens (tertiary/aromatic N) is 4. The maximum atomic E-state index is 5.13. The fraction of sp³-hybridized carbons (Fsp3) is 0.0678. The lowest BCUT2D eigenvalue weighted by atomic mass is 9.61. The van der Waals surface area contributed by atoms with E-state index in [2.05, 4.69) is 206 Å². The van der Waals surface area contributed by atoms with Crippen LogP contribution in [0, 0.1) is 5.92 Å². The number of rotatable bonds is 7. The zero-order valence-electron chi connectivity index (χ0n) is 34.8. The van der Waals surface area contributed by atoms with Crippen molar-refractivity contribution in [3.63, 3.8) is 0 Å². The van der Waals surface area contributed by atoms with Crippen LogP contribution in [0.1, 0.15) is 29.2 Å². The molecule has 1 aromatic heterocycles. The third kappa shape index (κ3) is 5.79. The van der Waals surface area contributed by atoms with Crippen LogP contribution in [0.15, 0.2) is 236 Å². The first kappa shape index (κ1) is 36.9. The van der Waals surface area contributed by atoms with E-state index in [-0.39, 0.29) is 16.7 Å². The fourth-order valence-corrected chi connectivity index (χ4v) is 10.7. The molecule has 0 saturated carbocycles. The fourth-order valence-electron chi connectivity index (χ4n) is 10.7. The standard InChI is InChI=1S/C59H42N4/c1-58-37-36-47(39-54(58)59(53-31-16-15-30-52(53)58)50-28-13-11-26-48(50)49-27-12-14-29-51(49)59)63(45-34-32-41(33-35-45)40-18-5-2-6-19-40)46-25-17-24-44(38-46)57-61-55(42-20-7-3-8-21-42)60-56(62-57)43-22-9-4-10-23-43/h2-39,54H,1H3. The largest absolute Gasteiger partial charge is 0.311 e. The number of anilines is 2. The zero-order chi connectivity index (χ0) is 42.0. The van der Waals surface area contributed by atoms with Crippen LogP contribution >= 0.6 is 0 Å². The van der Waals surface area contributed by atoms with Gasteiger partial charge < -0.3 is 4.90 Å². The van der Waals surface area contributed by atoms with Gasteiger partial charge in [-0.3, -0.25) is 0 Å². The predicted molar refractivity (Wildman–Crippen MR) is 256 cm³/mol. The van der Waals surface area contributed by atoms with Gasteiger partial charge in [0.25, 0.3) is 0 Å². The summed E-state index contributed by atoms with van der Waals surface area (Å²) < 4.78 is 0. The van der Waals surface area contributed by atoms with Crippen LogP contribution in [-0.4, -0.2) is 15.0 Å². The maximum Gasteiger partial charge on any atom is 0.164 e. The smallest absolute Gasteiger partial charge is 0.164 e. The van der Waals surface area contributed by atoms with Crippen molar-refractivity contribution in [2.75, 3.05) is 4.90 Å². The first-order valence-corrected chi connectivity index (χ1v) is 21.7. The molecule has 0 fully saturated rings. The van der Waals surface area contributed by atoms with Crippen molar-refractivity contribution < 1.29 is 0 Å². The van der Waals surface area contributed by atoms with Crippen molar-refractivity contribution in [2.45, 2.75) is 17.8 Å². The quantitative estimate of drug-likeness (QED) is 0.161. The van der Waals surface area contributed by atoms with E-state index in [0.29, 0.717) is 17.5 Å². The molecular weight excluding hydrogens is 765 g/mol. The maximum absolute atomic E-state index is 5.13. The molecule has 63 heavy (non-hydrogen) atoms. The van der Waals surface area contributed by atoms with E-state index in [1.807, 2.05) is 36.4 Å². The van der Waals surface area contributed by atoms with Gasteiger partial charge in [-0.2, -0.15) is 0 Å². The van der Waals surface area contributed by atoms with Gasteiger partial charge in [0.1, 0.15) is 0 Å². The van der Waals surface area contributed by atoms with E-state index in [0.717, 1.165) is 33.8 Å². The highest BCUT2D eigenvalue weighted by molar-refractivity contribution is 5.87. The van der Waals surface area contributed by atoms with Gasteiger partial charge in [-0.25, -0.2) is 15.0 Å². The lowest BCUT2D eigenvalue weighted by molar-refractivity contribution is 0.369. The Balaban J connectivity index is 1.05. The molecule has 2 atom stereocenters. The molecule has 3 aliphatic carbocycles. The number of hydrogen-bond donors (Lipinski definition) is 0. The van der Waals surface area contributed by atoms with Crippen molar-refractivity contribution in [2.24, 2.45) is 5.92 Å². The normalized spacial score (nSPS) is 17.3. The molecule has 298 valence electrons. The van der Waals surface area contributed by atoms with E-state index in [4.69, 9.17) is 15.0 Å². The van der Waals surface area contributed by atoms with Gasteiger partial charge in [0.05, 0.1) is 5.41 Å². The van der Waals surface area contributed by atoms with Gasteiger partial charge in [0.15, 0.2) is 17.5 Å². The molecule has 2 unspecified atom stereocenters. The Morgan fingerprint density at radius 1 is 0.397 bits per heavy atom. The topological polar surface area (TPSA) is 41.9 Å². The summed E-state index contributed by atoms with van der Waals surface area (Å²) in [6, 6.07) is 75.9. The second-order valence-electron chi connectivity index (χ2n) is 17.0. The Bertz CT molecular complexity index is 3140. The first-order chi connectivity index (χ1) is 31.1. The van der Waals surface area contributed by atoms with Crippen LogP contribution in [0.3, 0.4) is 0 Å². The van der Waals surface area contributed by atoms with Gasteiger partial charge in [-0.15, -0.1) is 0 Å². The van der Waals surface area contributed by atoms with Gasteiger partial charge >= 0.3 is 0 Å². The third-order valence-corrected chi connectivity index (χ3v) is 13.5. The molecule has 3 aliphatic rings. The average molecular weight is 807 g/mol. The number of benzene rings is 8. The van der Waals surface area contributed by atoms with Crippen LogP contribution in [0.25, 0.3) is 56.4 Å². The van der Waals surface area contributed by atoms with Crippen molar-refractivity contribution in [1.82, 2.24) is 15.0 Å². The molecular formula is C59H42N4. The van der Waals surface area contributed by atoms with Crippen LogP contribution in [-0.2, 0) is 10.8 Å². The summed E-state index contributed by atoms with van der Waals surface area (Å²) in [5.41, 5.74) is 15.8. The van der Waals surface area contributed by atoms with E-state index >= 15 is 0 Å². The molecule has 0 N–H and O–H groups in total. The molecule has 0 aliphatic heterocycles. The minimum absolute atomic E-state index is 0.0758. The Morgan fingerprint density at radius 3 is 1.44 bits per heavy atom. The number of aromatic nitrogens is 3. The molecule has 0 amide bonds. The van der Waals surface area contributed by atoms with Crippen molar-refractivity contribution in [3.8, 4) is 56.4 Å². The van der Waals surface area contributed by atoms with E-state index in [1.165, 1.54) is 44.5 Å². The van der Waals surface area contributed by atoms with Gasteiger partial charge in [-0.1, -0.05) is 207 Å². The highest BCUT2D eigenvalue weighted by Gasteiger charge is 2.61. The summed E-state index contributed by atoms with van der Waals surface area (Å²) in [5.74, 6) is 1.97. The van der Waals surface area contributed by atoms with Gasteiger partial charge in [0, 0.05) is 45.1 Å². The van der Waals surface area contributed by atoms with Crippen molar-refractivity contribution >= 4 is 11.4 Å². The Morgan fingerprint density at radius 2 is 0.857 bits per heavy atom. The van der Waals surface area contributed by atoms with E-state index in [9.17, 15) is 0 Å². The van der Waals surface area contributed by atoms with Crippen LogP contribution < -0.4 is 4.90 Å². The summed E-state index contributed by atoms with van der Waals surface area (Å²) in [6.45, 7) is 2.44. The predicted octanol–water partition coefficient (Wildman–Crippen LogP) is 14.0. The van der Waals surface area contributed by atoms with Crippen LogP contribution in [0.5, 0.6) is 0 Å². The number of allylic oxidation sites excluding steroid dienone is 3. The summed E-state index contributed by atoms with van der Waals surface area (Å²) in [5, 5.41) is 0. The molecule has 0 radical (unpaired) electrons. The Hall–Kier alpha value is -7.95. The monoisotopic (exact) mass is 806 g/mol. The van der Waals surface area contributed by atoms with Crippen molar-refractivity contribution in [3.05, 3.63) is 259 Å². The second kappa shape index (κ2) is 14.6. The minimum atomic E-state index is -0.383. The summed E-state index contributed by atoms with van der Waals surface area (Å²) in [6.07, 6.45) is 7.39. The molecule has 1 spiro atoms. The highest BCUT2D eigenvalue weighted by Crippen LogP contribution is 2.67. The van der Waals surface area contributed by atoms with Gasteiger partial charge in [0.2, 0.25) is 0 Å². The average Bonchev–Trinajstić information content (AvgIpc) is 3.79. The lowest BCUT2D eigenvalue weighted by Crippen LogP contribution is -2.40. The Labute approximate surface area is 368 Å². The summed E-state index contributed by atoms with van der Waals surface area (Å²) in [4.78, 5) is 17.6. The lowest BCUT2D eigenvalue weighted by Gasteiger charge is -2.42. The summed E-state index contributed by atoms with van der Waals surface area (Å²) in [7, 11) is 0. The molecule has 4 heteroatoms. The van der Waals surface area contributed by atoms with E-state index in [1.54, 1.807) is 0 Å². The molecule has 0 bridgehead atoms. The molecule has 9 aromatic rings. The van der Waals surface area contributed by atoms with Crippen LogP contribution in [0.2, 0.25) is 0 Å². The minimum Gasteiger partial charge on any atom is -0.311 e. The molecule has 8 aromatic carbocycles. The summed E-state index contributed by atoms with van der Waals surface area (Å²) >= 11 is 0. The first-order valence-electron chi connectivity index (χ1n) is 21.7. The molecule has 0 saturated heterocycles. The SMILES string of the molecule is CC12C=CC(N(c3ccc(-c4ccccc4)cc3)c3cccc(-c4nc(-c5ccccc5)nc(-c5ccccc5)n4)c3)=CC1C1(c3ccccc3-c3ccccc31)c1ccccc12. The highest BCUT2D eigenvalue weighted by atomic mass is 15.1. The third-order valence-electron chi connectivity index (χ3n) is 13.5. The molecule has 4 nitrogen and oxygen atoms in total. The number of hydrogen-bond acceptors (Lipinski definition) is 4.